The Labute approximate surface area is 170 Å². The number of fused-ring (bicyclic) bond motifs is 1. The highest BCUT2D eigenvalue weighted by atomic mass is 16.2. The number of carbonyl (C=O) groups is 2. The van der Waals surface area contributed by atoms with Gasteiger partial charge in [0.2, 0.25) is 5.91 Å². The van der Waals surface area contributed by atoms with Crippen LogP contribution in [0.3, 0.4) is 0 Å². The molecule has 2 aliphatic heterocycles. The first-order valence-electron chi connectivity index (χ1n) is 10.3. The summed E-state index contributed by atoms with van der Waals surface area (Å²) in [5.74, 6) is 0.787. The zero-order chi connectivity index (χ0) is 20.7. The minimum atomic E-state index is -0.113. The van der Waals surface area contributed by atoms with Gasteiger partial charge in [0.1, 0.15) is 5.69 Å². The lowest BCUT2D eigenvalue weighted by Gasteiger charge is -2.28. The van der Waals surface area contributed by atoms with Gasteiger partial charge in [-0.05, 0) is 26.2 Å². The second-order valence-electron chi connectivity index (χ2n) is 7.94. The van der Waals surface area contributed by atoms with Crippen LogP contribution in [0.5, 0.6) is 0 Å². The summed E-state index contributed by atoms with van der Waals surface area (Å²) in [5, 5.41) is 4.50. The Morgan fingerprint density at radius 2 is 2.07 bits per heavy atom. The summed E-state index contributed by atoms with van der Waals surface area (Å²) in [6, 6.07) is -0.113. The fourth-order valence-electron chi connectivity index (χ4n) is 4.50. The molecule has 154 valence electrons. The van der Waals surface area contributed by atoms with E-state index in [9.17, 15) is 9.59 Å². The molecule has 1 atom stereocenters. The molecule has 1 saturated heterocycles. The van der Waals surface area contributed by atoms with Crippen molar-refractivity contribution in [3.63, 3.8) is 0 Å². The average Bonchev–Trinajstić information content (AvgIpc) is 3.31. The van der Waals surface area contributed by atoms with Gasteiger partial charge in [-0.25, -0.2) is 9.97 Å². The van der Waals surface area contributed by atoms with Gasteiger partial charge < -0.3 is 9.80 Å². The van der Waals surface area contributed by atoms with Crippen LogP contribution in [0.2, 0.25) is 0 Å². The van der Waals surface area contributed by atoms with Gasteiger partial charge in [-0.2, -0.15) is 5.10 Å². The molecular formula is C21H28N6O2. The van der Waals surface area contributed by atoms with Gasteiger partial charge in [0.15, 0.2) is 5.82 Å². The highest BCUT2D eigenvalue weighted by molar-refractivity contribution is 5.94. The molecule has 4 heterocycles. The first-order chi connectivity index (χ1) is 13.9. The monoisotopic (exact) mass is 396 g/mol. The summed E-state index contributed by atoms with van der Waals surface area (Å²) in [4.78, 5) is 38.1. The van der Waals surface area contributed by atoms with E-state index in [4.69, 9.17) is 4.98 Å². The third kappa shape index (κ3) is 3.41. The van der Waals surface area contributed by atoms with Gasteiger partial charge in [-0.3, -0.25) is 14.3 Å². The Bertz CT molecular complexity index is 966. The van der Waals surface area contributed by atoms with Crippen LogP contribution in [-0.2, 0) is 31.2 Å². The molecule has 8 nitrogen and oxygen atoms in total. The molecule has 2 aliphatic rings. The Kier molecular flexibility index (Phi) is 5.10. The van der Waals surface area contributed by atoms with Crippen molar-refractivity contribution in [2.75, 3.05) is 13.1 Å². The van der Waals surface area contributed by atoms with Crippen molar-refractivity contribution in [2.45, 2.75) is 59.0 Å². The summed E-state index contributed by atoms with van der Waals surface area (Å²) >= 11 is 0. The molecule has 2 aromatic heterocycles. The lowest BCUT2D eigenvalue weighted by atomic mass is 10.1. The highest BCUT2D eigenvalue weighted by Crippen LogP contribution is 2.33. The molecular weight excluding hydrogens is 368 g/mol. The van der Waals surface area contributed by atoms with E-state index in [1.165, 1.54) is 0 Å². The van der Waals surface area contributed by atoms with Crippen LogP contribution in [0.25, 0.3) is 0 Å². The third-order valence-corrected chi connectivity index (χ3v) is 6.13. The fraction of sp³-hybridized carbons (Fsp3) is 0.571. The van der Waals surface area contributed by atoms with Crippen LogP contribution in [0, 0.1) is 6.92 Å². The van der Waals surface area contributed by atoms with Gasteiger partial charge >= 0.3 is 0 Å². The molecule has 0 aliphatic carbocycles. The Morgan fingerprint density at radius 1 is 1.28 bits per heavy atom. The topological polar surface area (TPSA) is 84.2 Å². The molecule has 0 bridgehead atoms. The molecule has 0 radical (unpaired) electrons. The molecule has 8 heteroatoms. The number of nitrogens with zero attached hydrogens (tertiary/aromatic N) is 6. The maximum absolute atomic E-state index is 13.4. The van der Waals surface area contributed by atoms with Gasteiger partial charge in [0, 0.05) is 57.4 Å². The molecule has 0 spiro atoms. The molecule has 1 fully saturated rings. The Balaban J connectivity index is 1.60. The molecule has 0 aromatic carbocycles. The van der Waals surface area contributed by atoms with E-state index in [0.29, 0.717) is 31.2 Å². The van der Waals surface area contributed by atoms with Crippen molar-refractivity contribution in [3.05, 3.63) is 40.2 Å². The molecule has 2 amide bonds. The number of aromatic nitrogens is 4. The van der Waals surface area contributed by atoms with Crippen molar-refractivity contribution in [3.8, 4) is 0 Å². The minimum Gasteiger partial charge on any atom is -0.338 e. The maximum Gasteiger partial charge on any atom is 0.273 e. The van der Waals surface area contributed by atoms with Crippen LogP contribution in [-0.4, -0.2) is 54.5 Å². The zero-order valence-electron chi connectivity index (χ0n) is 17.6. The standard InChI is InChI=1S/C21H28N6O2/c1-5-16-13(2)19(25(4)24-16)21(29)27-9-6-7-18(27)20-22-11-15-12-26(14(3)28)10-8-17(15)23-20/h11,18H,5-10,12H2,1-4H3. The van der Waals surface area contributed by atoms with E-state index in [-0.39, 0.29) is 17.9 Å². The summed E-state index contributed by atoms with van der Waals surface area (Å²) in [5.41, 5.74) is 4.58. The highest BCUT2D eigenvalue weighted by Gasteiger charge is 2.35. The SMILES string of the molecule is CCc1nn(C)c(C(=O)N2CCCC2c2ncc3c(n2)CCN(C(C)=O)C3)c1C. The lowest BCUT2D eigenvalue weighted by molar-refractivity contribution is -0.129. The number of aryl methyl sites for hydroxylation is 2. The second-order valence-corrected chi connectivity index (χ2v) is 7.94. The normalized spacial score (nSPS) is 18.8. The van der Waals surface area contributed by atoms with E-state index in [1.807, 2.05) is 30.0 Å². The molecule has 1 unspecified atom stereocenters. The predicted molar refractivity (Wildman–Crippen MR) is 107 cm³/mol. The van der Waals surface area contributed by atoms with E-state index in [2.05, 4.69) is 17.0 Å². The van der Waals surface area contributed by atoms with Crippen molar-refractivity contribution < 1.29 is 9.59 Å². The summed E-state index contributed by atoms with van der Waals surface area (Å²) in [6.07, 6.45) is 5.17. The summed E-state index contributed by atoms with van der Waals surface area (Å²) in [6.45, 7) is 7.56. The van der Waals surface area contributed by atoms with Crippen molar-refractivity contribution in [2.24, 2.45) is 7.05 Å². The summed E-state index contributed by atoms with van der Waals surface area (Å²) < 4.78 is 1.70. The van der Waals surface area contributed by atoms with Crippen LogP contribution >= 0.6 is 0 Å². The van der Waals surface area contributed by atoms with Crippen LogP contribution in [0.1, 0.15) is 71.6 Å². The van der Waals surface area contributed by atoms with E-state index in [1.54, 1.807) is 11.6 Å². The largest absolute Gasteiger partial charge is 0.338 e. The Morgan fingerprint density at radius 3 is 2.76 bits per heavy atom. The maximum atomic E-state index is 13.4. The molecule has 4 rings (SSSR count). The third-order valence-electron chi connectivity index (χ3n) is 6.13. The summed E-state index contributed by atoms with van der Waals surface area (Å²) in [7, 11) is 1.83. The molecule has 29 heavy (non-hydrogen) atoms. The average molecular weight is 396 g/mol. The van der Waals surface area contributed by atoms with Gasteiger partial charge in [-0.1, -0.05) is 6.92 Å². The van der Waals surface area contributed by atoms with Crippen LogP contribution in [0.4, 0.5) is 0 Å². The number of likely N-dealkylation sites (tertiary alicyclic amines) is 1. The number of amides is 2. The van der Waals surface area contributed by atoms with Gasteiger partial charge in [-0.15, -0.1) is 0 Å². The second kappa shape index (κ2) is 7.57. The van der Waals surface area contributed by atoms with Crippen LogP contribution < -0.4 is 0 Å². The minimum absolute atomic E-state index is 0.00350. The van der Waals surface area contributed by atoms with Gasteiger partial charge in [0.05, 0.1) is 17.4 Å². The number of hydrogen-bond acceptors (Lipinski definition) is 5. The number of hydrogen-bond donors (Lipinski definition) is 0. The first kappa shape index (κ1) is 19.5. The smallest absolute Gasteiger partial charge is 0.273 e. The zero-order valence-corrected chi connectivity index (χ0v) is 17.6. The van der Waals surface area contributed by atoms with Crippen LogP contribution in [0.15, 0.2) is 6.20 Å². The van der Waals surface area contributed by atoms with Crippen molar-refractivity contribution >= 4 is 11.8 Å². The van der Waals surface area contributed by atoms with Crippen molar-refractivity contribution in [1.82, 2.24) is 29.5 Å². The first-order valence-corrected chi connectivity index (χ1v) is 10.3. The van der Waals surface area contributed by atoms with Crippen molar-refractivity contribution in [1.29, 1.82) is 0 Å². The van der Waals surface area contributed by atoms with E-state index >= 15 is 0 Å². The fourth-order valence-corrected chi connectivity index (χ4v) is 4.50. The number of rotatable bonds is 3. The molecule has 0 saturated carbocycles. The van der Waals surface area contributed by atoms with E-state index < -0.39 is 0 Å². The lowest BCUT2D eigenvalue weighted by Crippen LogP contribution is -2.36. The van der Waals surface area contributed by atoms with E-state index in [0.717, 1.165) is 48.2 Å². The molecule has 0 N–H and O–H groups in total. The Hall–Kier alpha value is -2.77. The quantitative estimate of drug-likeness (QED) is 0.792. The predicted octanol–water partition coefficient (Wildman–Crippen LogP) is 1.96. The molecule has 2 aromatic rings. The number of carbonyl (C=O) groups excluding carboxylic acids is 2. The van der Waals surface area contributed by atoms with Gasteiger partial charge in [0.25, 0.3) is 5.91 Å².